The van der Waals surface area contributed by atoms with E-state index in [1.54, 1.807) is 0 Å². The number of hydrogen-bond donors (Lipinski definition) is 5. The van der Waals surface area contributed by atoms with Gasteiger partial charge in [0.2, 0.25) is 11.0 Å². The highest BCUT2D eigenvalue weighted by Gasteiger charge is 2.46. The van der Waals surface area contributed by atoms with E-state index in [-0.39, 0.29) is 33.6 Å². The predicted octanol–water partition coefficient (Wildman–Crippen LogP) is 0.573. The number of carbonyl (C=O) groups excluding carboxylic acids is 1. The lowest BCUT2D eigenvalue weighted by Crippen LogP contribution is -2.55. The summed E-state index contributed by atoms with van der Waals surface area (Å²) < 4.78 is 16.8. The van der Waals surface area contributed by atoms with Gasteiger partial charge in [0.1, 0.15) is 53.9 Å². The molecule has 0 bridgehead atoms. The average molecular weight is 547 g/mol. The van der Waals surface area contributed by atoms with Crippen molar-refractivity contribution in [2.45, 2.75) is 50.0 Å². The van der Waals surface area contributed by atoms with Crippen LogP contribution in [0.1, 0.15) is 25.5 Å². The third kappa shape index (κ3) is 5.28. The zero-order valence-electron chi connectivity index (χ0n) is 20.6. The summed E-state index contributed by atoms with van der Waals surface area (Å²) in [6.45, 7) is 1.40. The van der Waals surface area contributed by atoms with E-state index in [2.05, 4.69) is 4.84 Å². The highest BCUT2D eigenvalue weighted by atomic mass is 17.0. The van der Waals surface area contributed by atoms with Gasteiger partial charge in [-0.05, 0) is 43.7 Å². The molecular weight excluding hydrogens is 522 g/mol. The molecule has 2 heterocycles. The fraction of sp³-hybridized carbons (Fsp3) is 0.360. The Labute approximate surface area is 219 Å². The first-order chi connectivity index (χ1) is 18.4. The predicted molar refractivity (Wildman–Crippen MR) is 130 cm³/mol. The van der Waals surface area contributed by atoms with Crippen LogP contribution < -0.4 is 10.2 Å². The van der Waals surface area contributed by atoms with E-state index in [0.717, 1.165) is 26.2 Å². The standard InChI is InChI=1S/C25H25NO13/c1-25(2,39-26(34)35)24(33)38-15-8-7-13-18(29)14(11-3-5-12(28)6-4-11)10-36-22(13)17(15)23-21(32)20(31)19(30)16(9-27)37-23/h3-8,10,16,19-21,23,27-28,30-32H,9H2,1-2H3/t16-,19-,20+,21-,23+/m1/s1. The van der Waals surface area contributed by atoms with Crippen molar-refractivity contribution in [3.63, 3.8) is 0 Å². The van der Waals surface area contributed by atoms with Crippen LogP contribution >= 0.6 is 0 Å². The molecule has 14 heteroatoms. The highest BCUT2D eigenvalue weighted by molar-refractivity contribution is 5.88. The zero-order chi connectivity index (χ0) is 28.6. The van der Waals surface area contributed by atoms with E-state index in [9.17, 15) is 45.2 Å². The van der Waals surface area contributed by atoms with Crippen LogP contribution in [0.15, 0.2) is 51.9 Å². The van der Waals surface area contributed by atoms with E-state index < -0.39 is 59.2 Å². The molecule has 0 amide bonds. The normalized spacial score (nSPS) is 23.4. The summed E-state index contributed by atoms with van der Waals surface area (Å²) in [7, 11) is 0. The number of aliphatic hydroxyl groups excluding tert-OH is 4. The number of fused-ring (bicyclic) bond motifs is 1. The molecule has 1 fully saturated rings. The molecule has 14 nitrogen and oxygen atoms in total. The Morgan fingerprint density at radius 1 is 1.08 bits per heavy atom. The maximum Gasteiger partial charge on any atom is 0.343 e. The Morgan fingerprint density at radius 2 is 1.74 bits per heavy atom. The third-order valence-electron chi connectivity index (χ3n) is 6.29. The van der Waals surface area contributed by atoms with Crippen molar-refractivity contribution in [1.29, 1.82) is 0 Å². The molecule has 0 spiro atoms. The molecule has 2 aromatic carbocycles. The van der Waals surface area contributed by atoms with Crippen molar-refractivity contribution in [1.82, 2.24) is 0 Å². The quantitative estimate of drug-likeness (QED) is 0.118. The van der Waals surface area contributed by atoms with Crippen LogP contribution in [-0.2, 0) is 14.4 Å². The number of nitrogens with zero attached hydrogens (tertiary/aromatic N) is 1. The number of phenolic OH excluding ortho intramolecular Hbond substituents is 1. The van der Waals surface area contributed by atoms with Crippen molar-refractivity contribution >= 4 is 16.9 Å². The molecule has 5 N–H and O–H groups in total. The second-order valence-electron chi connectivity index (χ2n) is 9.34. The molecule has 3 aromatic rings. The Balaban J connectivity index is 1.90. The largest absolute Gasteiger partial charge is 0.508 e. The zero-order valence-corrected chi connectivity index (χ0v) is 20.6. The van der Waals surface area contributed by atoms with Crippen molar-refractivity contribution in [3.05, 3.63) is 68.6 Å². The molecule has 0 unspecified atom stereocenters. The number of hydrogen-bond acceptors (Lipinski definition) is 13. The van der Waals surface area contributed by atoms with E-state index in [1.165, 1.54) is 30.3 Å². The van der Waals surface area contributed by atoms with E-state index >= 15 is 0 Å². The smallest absolute Gasteiger partial charge is 0.343 e. The van der Waals surface area contributed by atoms with Crippen molar-refractivity contribution in [3.8, 4) is 22.6 Å². The van der Waals surface area contributed by atoms with Gasteiger partial charge in [-0.15, -0.1) is 10.1 Å². The van der Waals surface area contributed by atoms with Crippen LogP contribution in [0, 0.1) is 10.1 Å². The van der Waals surface area contributed by atoms with Gasteiger partial charge in [-0.1, -0.05) is 12.1 Å². The Morgan fingerprint density at radius 3 is 2.36 bits per heavy atom. The maximum absolute atomic E-state index is 13.4. The molecule has 39 heavy (non-hydrogen) atoms. The van der Waals surface area contributed by atoms with E-state index in [0.29, 0.717) is 5.56 Å². The van der Waals surface area contributed by atoms with Crippen LogP contribution in [0.5, 0.6) is 11.5 Å². The minimum Gasteiger partial charge on any atom is -0.508 e. The number of esters is 1. The molecule has 0 aliphatic carbocycles. The van der Waals surface area contributed by atoms with Gasteiger partial charge in [0, 0.05) is 0 Å². The van der Waals surface area contributed by atoms with Gasteiger partial charge in [0.05, 0.1) is 23.1 Å². The molecular formula is C25H25NO13. The monoisotopic (exact) mass is 547 g/mol. The topological polar surface area (TPSA) is 219 Å². The summed E-state index contributed by atoms with van der Waals surface area (Å²) in [4.78, 5) is 41.4. The number of aliphatic hydroxyl groups is 4. The molecule has 0 radical (unpaired) electrons. The number of benzene rings is 2. The number of carbonyl (C=O) groups is 1. The van der Waals surface area contributed by atoms with E-state index in [1.807, 2.05) is 0 Å². The molecule has 4 rings (SSSR count). The summed E-state index contributed by atoms with van der Waals surface area (Å²) in [5.41, 5.74) is -2.59. The summed E-state index contributed by atoms with van der Waals surface area (Å²) in [5, 5.41) is 60.2. The number of rotatable bonds is 7. The van der Waals surface area contributed by atoms with Crippen LogP contribution in [0.4, 0.5) is 0 Å². The first kappa shape index (κ1) is 27.9. The van der Waals surface area contributed by atoms with E-state index in [4.69, 9.17) is 13.9 Å². The Hall–Kier alpha value is -4.08. The lowest BCUT2D eigenvalue weighted by molar-refractivity contribution is -0.774. The minimum atomic E-state index is -2.07. The lowest BCUT2D eigenvalue weighted by atomic mass is 9.89. The molecule has 5 atom stereocenters. The van der Waals surface area contributed by atoms with Crippen LogP contribution in [0.3, 0.4) is 0 Å². The van der Waals surface area contributed by atoms with Crippen LogP contribution in [0.25, 0.3) is 22.1 Å². The molecule has 1 saturated heterocycles. The van der Waals surface area contributed by atoms with Gasteiger partial charge < -0.3 is 39.4 Å². The summed E-state index contributed by atoms with van der Waals surface area (Å²) >= 11 is 0. The van der Waals surface area contributed by atoms with Gasteiger partial charge in [-0.2, -0.15) is 0 Å². The molecule has 1 aliphatic heterocycles. The van der Waals surface area contributed by atoms with Crippen molar-refractivity contribution in [2.75, 3.05) is 6.61 Å². The SMILES string of the molecule is CC(C)(O[N+](=O)[O-])C(=O)Oc1ccc2c(=O)c(-c3ccc(O)cc3)coc2c1[C@@H]1O[C@H](CO)[C@@H](O)[C@H](O)[C@H]1O. The lowest BCUT2D eigenvalue weighted by Gasteiger charge is -2.40. The fourth-order valence-electron chi connectivity index (χ4n) is 4.19. The summed E-state index contributed by atoms with van der Waals surface area (Å²) in [5.74, 6) is -1.62. The first-order valence-electron chi connectivity index (χ1n) is 11.6. The van der Waals surface area contributed by atoms with Crippen molar-refractivity contribution in [2.24, 2.45) is 0 Å². The molecule has 0 saturated carbocycles. The van der Waals surface area contributed by atoms with Gasteiger partial charge in [-0.25, -0.2) is 4.79 Å². The summed E-state index contributed by atoms with van der Waals surface area (Å²) in [6.07, 6.45) is -7.25. The second-order valence-corrected chi connectivity index (χ2v) is 9.34. The van der Waals surface area contributed by atoms with Gasteiger partial charge in [-0.3, -0.25) is 9.63 Å². The minimum absolute atomic E-state index is 0.0238. The molecule has 1 aromatic heterocycles. The molecule has 1 aliphatic rings. The number of ether oxygens (including phenoxy) is 2. The van der Waals surface area contributed by atoms with Crippen LogP contribution in [0.2, 0.25) is 0 Å². The third-order valence-corrected chi connectivity index (χ3v) is 6.29. The average Bonchev–Trinajstić information content (AvgIpc) is 2.88. The maximum atomic E-state index is 13.4. The van der Waals surface area contributed by atoms with Crippen molar-refractivity contribution < 1.29 is 54.1 Å². The fourth-order valence-corrected chi connectivity index (χ4v) is 4.19. The Kier molecular flexibility index (Phi) is 7.59. The van der Waals surface area contributed by atoms with Gasteiger partial charge >= 0.3 is 5.97 Å². The first-order valence-corrected chi connectivity index (χ1v) is 11.6. The highest BCUT2D eigenvalue weighted by Crippen LogP contribution is 2.41. The van der Waals surface area contributed by atoms with Gasteiger partial charge in [0.15, 0.2) is 0 Å². The van der Waals surface area contributed by atoms with Crippen LogP contribution in [-0.4, -0.2) is 73.2 Å². The molecule has 208 valence electrons. The summed E-state index contributed by atoms with van der Waals surface area (Å²) in [6, 6.07) is 8.13. The van der Waals surface area contributed by atoms with Gasteiger partial charge in [0.25, 0.3) is 5.09 Å². The number of aromatic hydroxyl groups is 1. The second kappa shape index (κ2) is 10.6. The Bertz CT molecular complexity index is 1450. The number of phenols is 1.